The number of hydrogen-bond acceptors (Lipinski definition) is 5. The molecule has 0 atom stereocenters. The lowest BCUT2D eigenvalue weighted by Crippen LogP contribution is -2.05. The molecule has 0 bridgehead atoms. The van der Waals surface area contributed by atoms with E-state index in [9.17, 15) is 30.4 Å². The lowest BCUT2D eigenvalue weighted by atomic mass is 10.1. The number of fused-ring (bicyclic) bond motifs is 1. The molecule has 0 saturated carbocycles. The molecule has 0 aliphatic rings. The predicted molar refractivity (Wildman–Crippen MR) is 108 cm³/mol. The van der Waals surface area contributed by atoms with Gasteiger partial charge in [-0.15, -0.1) is 0 Å². The summed E-state index contributed by atoms with van der Waals surface area (Å²) in [6, 6.07) is 5.94. The molecule has 7 nitrogen and oxygen atoms in total. The van der Waals surface area contributed by atoms with E-state index in [1.165, 1.54) is 6.20 Å². The largest absolute Gasteiger partial charge is 0.416 e. The summed E-state index contributed by atoms with van der Waals surface area (Å²) in [4.78, 5) is 7.43. The van der Waals surface area contributed by atoms with E-state index in [-0.39, 0.29) is 28.0 Å². The molecule has 0 spiro atoms. The molecule has 0 unspecified atom stereocenters. The lowest BCUT2D eigenvalue weighted by molar-refractivity contribution is -0.137. The van der Waals surface area contributed by atoms with E-state index in [2.05, 4.69) is 26.9 Å². The summed E-state index contributed by atoms with van der Waals surface area (Å²) in [5, 5.41) is 3.86. The van der Waals surface area contributed by atoms with Crippen LogP contribution in [0.1, 0.15) is 28.8 Å². The van der Waals surface area contributed by atoms with Gasteiger partial charge in [-0.25, -0.2) is 18.3 Å². The number of benzene rings is 1. The molecule has 0 saturated heterocycles. The Balaban J connectivity index is 1.81. The van der Waals surface area contributed by atoms with E-state index < -0.39 is 38.9 Å². The third kappa shape index (κ3) is 4.73. The van der Waals surface area contributed by atoms with Gasteiger partial charge < -0.3 is 0 Å². The van der Waals surface area contributed by atoms with Crippen LogP contribution in [-0.2, 0) is 16.3 Å². The first-order valence-electron chi connectivity index (χ1n) is 9.22. The maximum Gasteiger partial charge on any atom is 0.416 e. The van der Waals surface area contributed by atoms with Gasteiger partial charge in [-0.05, 0) is 24.3 Å². The SMILES string of the molecule is O=S(=O)(O)c1cncc(C#Cc2cnn3c(C(F)F)cc(-c4ccc(C(F)(F)F)cc4)nc23)c1. The molecule has 4 aromatic rings. The molecular weight excluding hydrogens is 483 g/mol. The molecule has 174 valence electrons. The molecule has 13 heteroatoms. The van der Waals surface area contributed by atoms with Crippen LogP contribution in [0.25, 0.3) is 16.9 Å². The van der Waals surface area contributed by atoms with Crippen LogP contribution >= 0.6 is 0 Å². The van der Waals surface area contributed by atoms with Gasteiger partial charge in [-0.2, -0.15) is 26.7 Å². The fraction of sp³-hybridized carbons (Fsp3) is 0.0952. The Bertz CT molecular complexity index is 1550. The van der Waals surface area contributed by atoms with E-state index >= 15 is 0 Å². The number of pyridine rings is 1. The van der Waals surface area contributed by atoms with Gasteiger partial charge in [-0.3, -0.25) is 9.54 Å². The van der Waals surface area contributed by atoms with Gasteiger partial charge in [0.1, 0.15) is 10.6 Å². The van der Waals surface area contributed by atoms with Crippen LogP contribution in [-0.4, -0.2) is 32.6 Å². The molecule has 0 aliphatic carbocycles. The Hall–Kier alpha value is -3.89. The Kier molecular flexibility index (Phi) is 5.80. The van der Waals surface area contributed by atoms with Gasteiger partial charge in [0.05, 0.1) is 23.0 Å². The summed E-state index contributed by atoms with van der Waals surface area (Å²) in [7, 11) is -4.51. The van der Waals surface area contributed by atoms with Gasteiger partial charge in [0.25, 0.3) is 16.5 Å². The number of aromatic nitrogens is 4. The molecule has 34 heavy (non-hydrogen) atoms. The minimum Gasteiger partial charge on any atom is -0.282 e. The molecule has 3 aromatic heterocycles. The van der Waals surface area contributed by atoms with Crippen LogP contribution in [0.2, 0.25) is 0 Å². The second-order valence-electron chi connectivity index (χ2n) is 6.87. The van der Waals surface area contributed by atoms with Gasteiger partial charge in [0.2, 0.25) is 0 Å². The van der Waals surface area contributed by atoms with Crippen molar-refractivity contribution in [3.8, 4) is 23.1 Å². The zero-order chi connectivity index (χ0) is 24.7. The summed E-state index contributed by atoms with van der Waals surface area (Å²) in [6.45, 7) is 0. The van der Waals surface area contributed by atoms with Crippen LogP contribution < -0.4 is 0 Å². The van der Waals surface area contributed by atoms with Gasteiger partial charge >= 0.3 is 6.18 Å². The van der Waals surface area contributed by atoms with Crippen LogP contribution in [0.5, 0.6) is 0 Å². The Morgan fingerprint density at radius 3 is 2.32 bits per heavy atom. The van der Waals surface area contributed by atoms with Gasteiger partial charge in [-0.1, -0.05) is 24.0 Å². The van der Waals surface area contributed by atoms with E-state index in [4.69, 9.17) is 4.55 Å². The Morgan fingerprint density at radius 2 is 1.71 bits per heavy atom. The summed E-state index contributed by atoms with van der Waals surface area (Å²) in [6.07, 6.45) is -4.23. The summed E-state index contributed by atoms with van der Waals surface area (Å²) < 4.78 is 98.3. The minimum atomic E-state index is -4.56. The minimum absolute atomic E-state index is 0.0184. The van der Waals surface area contributed by atoms with E-state index in [0.29, 0.717) is 0 Å². The van der Waals surface area contributed by atoms with E-state index in [1.54, 1.807) is 0 Å². The van der Waals surface area contributed by atoms with Crippen LogP contribution in [0.15, 0.2) is 59.9 Å². The second kappa shape index (κ2) is 8.47. The van der Waals surface area contributed by atoms with E-state index in [0.717, 1.165) is 53.3 Å². The maximum absolute atomic E-state index is 13.7. The van der Waals surface area contributed by atoms with Crippen LogP contribution in [0, 0.1) is 11.8 Å². The van der Waals surface area contributed by atoms with Crippen LogP contribution in [0.3, 0.4) is 0 Å². The highest BCUT2D eigenvalue weighted by atomic mass is 32.2. The summed E-state index contributed by atoms with van der Waals surface area (Å²) in [5.41, 5.74) is -1.20. The van der Waals surface area contributed by atoms with Crippen molar-refractivity contribution in [1.29, 1.82) is 0 Å². The fourth-order valence-corrected chi connectivity index (χ4v) is 3.45. The van der Waals surface area contributed by atoms with Crippen molar-refractivity contribution in [2.75, 3.05) is 0 Å². The van der Waals surface area contributed by atoms with Crippen molar-refractivity contribution in [2.24, 2.45) is 0 Å². The average Bonchev–Trinajstić information content (AvgIpc) is 3.19. The third-order valence-corrected chi connectivity index (χ3v) is 5.40. The standard InChI is InChI=1S/C21H11F5N4O3S/c22-19(23)18-8-17(13-3-5-15(6-4-13)21(24,25)26)29-20-14(10-28-30(18)20)2-1-12-7-16(11-27-9-12)34(31,32)33/h3-11,19H,(H,31,32,33). The highest BCUT2D eigenvalue weighted by molar-refractivity contribution is 7.85. The second-order valence-corrected chi connectivity index (χ2v) is 8.29. The molecule has 3 heterocycles. The van der Waals surface area contributed by atoms with Crippen molar-refractivity contribution in [1.82, 2.24) is 19.6 Å². The Labute approximate surface area is 188 Å². The normalized spacial score (nSPS) is 12.1. The van der Waals surface area contributed by atoms with Crippen LogP contribution in [0.4, 0.5) is 22.0 Å². The van der Waals surface area contributed by atoms with Crippen molar-refractivity contribution in [3.63, 3.8) is 0 Å². The predicted octanol–water partition coefficient (Wildman–Crippen LogP) is 4.39. The van der Waals surface area contributed by atoms with Crippen molar-refractivity contribution < 1.29 is 34.9 Å². The molecule has 0 radical (unpaired) electrons. The first kappa shape index (κ1) is 23.3. The summed E-state index contributed by atoms with van der Waals surface area (Å²) >= 11 is 0. The average molecular weight is 494 g/mol. The van der Waals surface area contributed by atoms with Crippen molar-refractivity contribution in [3.05, 3.63) is 77.4 Å². The molecule has 1 N–H and O–H groups in total. The smallest absolute Gasteiger partial charge is 0.282 e. The molecule has 0 fully saturated rings. The quantitative estimate of drug-likeness (QED) is 0.258. The zero-order valence-corrected chi connectivity index (χ0v) is 17.4. The third-order valence-electron chi connectivity index (χ3n) is 4.58. The molecule has 1 aromatic carbocycles. The number of rotatable bonds is 3. The first-order valence-corrected chi connectivity index (χ1v) is 10.7. The number of hydrogen-bond donors (Lipinski definition) is 1. The van der Waals surface area contributed by atoms with Gasteiger partial charge in [0.15, 0.2) is 5.65 Å². The fourth-order valence-electron chi connectivity index (χ4n) is 2.98. The monoisotopic (exact) mass is 494 g/mol. The zero-order valence-electron chi connectivity index (χ0n) is 16.6. The summed E-state index contributed by atoms with van der Waals surface area (Å²) in [5.74, 6) is 5.22. The lowest BCUT2D eigenvalue weighted by Gasteiger charge is -2.10. The molecule has 0 amide bonds. The molecule has 0 aliphatic heterocycles. The van der Waals surface area contributed by atoms with Crippen molar-refractivity contribution >= 4 is 15.8 Å². The number of halogens is 5. The van der Waals surface area contributed by atoms with Gasteiger partial charge in [0, 0.05) is 23.5 Å². The molecular formula is C21H11F5N4O3S. The van der Waals surface area contributed by atoms with E-state index in [1.807, 2.05) is 0 Å². The topological polar surface area (TPSA) is 97.5 Å². The first-order chi connectivity index (χ1) is 15.9. The number of nitrogens with zero attached hydrogens (tertiary/aromatic N) is 4. The highest BCUT2D eigenvalue weighted by Crippen LogP contribution is 2.32. The maximum atomic E-state index is 13.7. The Morgan fingerprint density at radius 1 is 1.00 bits per heavy atom. The number of alkyl halides is 5. The van der Waals surface area contributed by atoms with Crippen molar-refractivity contribution in [2.45, 2.75) is 17.5 Å². The highest BCUT2D eigenvalue weighted by Gasteiger charge is 2.30. The molecule has 4 rings (SSSR count).